The lowest BCUT2D eigenvalue weighted by Crippen LogP contribution is -2.30. The van der Waals surface area contributed by atoms with Gasteiger partial charge >= 0.3 is 39.5 Å². The molecule has 0 aliphatic rings. The van der Waals surface area contributed by atoms with Gasteiger partial charge in [0, 0.05) is 25.7 Å². The largest absolute Gasteiger partial charge is 0.472 e. The van der Waals surface area contributed by atoms with Crippen molar-refractivity contribution in [3.8, 4) is 0 Å². The van der Waals surface area contributed by atoms with E-state index in [2.05, 4.69) is 34.6 Å². The molecule has 17 nitrogen and oxygen atoms in total. The Balaban J connectivity index is 5.26. The van der Waals surface area contributed by atoms with Gasteiger partial charge in [-0.05, 0) is 31.6 Å². The second-order valence-electron chi connectivity index (χ2n) is 32.8. The Morgan fingerprint density at radius 2 is 0.422 bits per heavy atom. The third kappa shape index (κ3) is 83.8. The Bertz CT molecular complexity index is 2070. The van der Waals surface area contributed by atoms with Gasteiger partial charge in [0.1, 0.15) is 19.3 Å². The summed E-state index contributed by atoms with van der Waals surface area (Å²) in [7, 11) is -9.93. The Morgan fingerprint density at radius 3 is 0.624 bits per heavy atom. The lowest BCUT2D eigenvalue weighted by Gasteiger charge is -2.21. The van der Waals surface area contributed by atoms with Gasteiger partial charge in [-0.25, -0.2) is 9.13 Å². The van der Waals surface area contributed by atoms with Crippen LogP contribution in [0.2, 0.25) is 0 Å². The number of esters is 4. The van der Waals surface area contributed by atoms with E-state index in [4.69, 9.17) is 37.0 Å². The van der Waals surface area contributed by atoms with Crippen LogP contribution in [0.4, 0.5) is 0 Å². The van der Waals surface area contributed by atoms with E-state index >= 15 is 0 Å². The topological polar surface area (TPSA) is 237 Å². The summed E-state index contributed by atoms with van der Waals surface area (Å²) in [6, 6.07) is 0. The molecule has 0 fully saturated rings. The minimum Gasteiger partial charge on any atom is -0.462 e. The highest BCUT2D eigenvalue weighted by atomic mass is 31.2. The van der Waals surface area contributed by atoms with Crippen molar-refractivity contribution in [3.05, 3.63) is 0 Å². The highest BCUT2D eigenvalue weighted by molar-refractivity contribution is 7.47. The van der Waals surface area contributed by atoms with E-state index in [0.717, 1.165) is 95.8 Å². The van der Waals surface area contributed by atoms with Crippen LogP contribution in [0.15, 0.2) is 0 Å². The van der Waals surface area contributed by atoms with Gasteiger partial charge in [0.05, 0.1) is 26.4 Å². The lowest BCUT2D eigenvalue weighted by molar-refractivity contribution is -0.161. The Kier molecular flexibility index (Phi) is 81.1. The summed E-state index contributed by atoms with van der Waals surface area (Å²) in [6.07, 6.45) is 77.7. The van der Waals surface area contributed by atoms with Gasteiger partial charge in [0.25, 0.3) is 0 Å². The molecule has 0 heterocycles. The molecular formula is C90H176O17P2. The first kappa shape index (κ1) is 107. The summed E-state index contributed by atoms with van der Waals surface area (Å²) in [6.45, 7) is 7.43. The summed E-state index contributed by atoms with van der Waals surface area (Å²) in [5.74, 6) is -1.29. The fourth-order valence-electron chi connectivity index (χ4n) is 14.2. The molecule has 0 rings (SSSR count). The van der Waals surface area contributed by atoms with E-state index in [1.807, 2.05) is 0 Å². The number of ether oxygens (including phenoxy) is 4. The van der Waals surface area contributed by atoms with Crippen LogP contribution in [0, 0.1) is 5.92 Å². The summed E-state index contributed by atoms with van der Waals surface area (Å²) in [5, 5.41) is 10.7. The molecule has 0 saturated carbocycles. The van der Waals surface area contributed by atoms with E-state index in [9.17, 15) is 43.2 Å². The molecule has 109 heavy (non-hydrogen) atoms. The van der Waals surface area contributed by atoms with Crippen LogP contribution in [-0.4, -0.2) is 96.7 Å². The molecule has 0 aromatic carbocycles. The Hall–Kier alpha value is -1.94. The molecule has 0 aromatic heterocycles. The number of unbranched alkanes of at least 4 members (excludes halogenated alkanes) is 62. The van der Waals surface area contributed by atoms with Crippen molar-refractivity contribution in [2.75, 3.05) is 39.6 Å². The van der Waals surface area contributed by atoms with Gasteiger partial charge < -0.3 is 33.8 Å². The van der Waals surface area contributed by atoms with Gasteiger partial charge in [-0.2, -0.15) is 0 Å². The van der Waals surface area contributed by atoms with E-state index < -0.39 is 97.5 Å². The first-order valence-electron chi connectivity index (χ1n) is 46.6. The fourth-order valence-corrected chi connectivity index (χ4v) is 15.8. The average Bonchev–Trinajstić information content (AvgIpc) is 0.901. The molecule has 0 aromatic rings. The van der Waals surface area contributed by atoms with E-state index in [1.54, 1.807) is 0 Å². The first-order chi connectivity index (χ1) is 53.0. The highest BCUT2D eigenvalue weighted by Gasteiger charge is 2.31. The normalized spacial score (nSPS) is 13.7. The molecule has 648 valence electrons. The number of hydrogen-bond donors (Lipinski definition) is 3. The number of phosphoric ester groups is 2. The van der Waals surface area contributed by atoms with Gasteiger partial charge in [0.15, 0.2) is 12.2 Å². The zero-order valence-corrected chi connectivity index (χ0v) is 73.5. The zero-order chi connectivity index (χ0) is 79.7. The van der Waals surface area contributed by atoms with Gasteiger partial charge in [0.2, 0.25) is 0 Å². The number of carbonyl (C=O) groups excluding carboxylic acids is 4. The van der Waals surface area contributed by atoms with Crippen molar-refractivity contribution in [2.45, 2.75) is 509 Å². The van der Waals surface area contributed by atoms with Crippen molar-refractivity contribution in [3.63, 3.8) is 0 Å². The second kappa shape index (κ2) is 82.6. The molecule has 0 aliphatic heterocycles. The Morgan fingerprint density at radius 1 is 0.248 bits per heavy atom. The molecule has 0 spiro atoms. The van der Waals surface area contributed by atoms with E-state index in [1.165, 1.54) is 315 Å². The average molecular weight is 1590 g/mol. The molecule has 19 heteroatoms. The number of carbonyl (C=O) groups is 4. The predicted octanol–water partition coefficient (Wildman–Crippen LogP) is 27.9. The smallest absolute Gasteiger partial charge is 0.462 e. The number of aliphatic hydroxyl groups is 1. The van der Waals surface area contributed by atoms with Crippen molar-refractivity contribution in [1.82, 2.24) is 0 Å². The van der Waals surface area contributed by atoms with Crippen LogP contribution < -0.4 is 0 Å². The van der Waals surface area contributed by atoms with Crippen molar-refractivity contribution < 1.29 is 80.2 Å². The quantitative estimate of drug-likeness (QED) is 0.0222. The maximum atomic E-state index is 13.2. The SMILES string of the molecule is CCCCCCCCCCCCCCCCCCCCCCC(=O)O[C@H](COC(=O)CCCCCCCCCCCCCCCCCC(C)C)COP(=O)(O)OC[C@@H](O)COP(=O)(O)OC[C@@H](COC(=O)CCCCCCCCCCCCCCC)OC(=O)CCCCCCCCCCCCCCCCCCCC. The molecule has 0 saturated heterocycles. The first-order valence-corrected chi connectivity index (χ1v) is 49.6. The fraction of sp³-hybridized carbons (Fsp3) is 0.956. The summed E-state index contributed by atoms with van der Waals surface area (Å²) in [5.41, 5.74) is 0. The highest BCUT2D eigenvalue weighted by Crippen LogP contribution is 2.45. The molecule has 0 bridgehead atoms. The van der Waals surface area contributed by atoms with Gasteiger partial charge in [-0.1, -0.05) is 439 Å². The van der Waals surface area contributed by atoms with Crippen LogP contribution in [0.3, 0.4) is 0 Å². The standard InChI is InChI=1S/C90H176O17P2/c1-6-9-12-15-18-21-24-27-29-31-33-34-36-40-46-51-56-61-66-71-76-90(95)107-86(80-101-88(93)74-69-64-59-54-49-44-41-37-38-43-47-52-57-62-67-72-83(4)5)82-105-109(98,99)103-78-84(91)77-102-108(96,97)104-81-85(79-100-87(92)73-68-63-58-53-48-42-26-23-20-17-14-11-8-3)106-89(94)75-70-65-60-55-50-45-39-35-32-30-28-25-22-19-16-13-10-7-2/h83-86,91H,6-82H2,1-5H3,(H,96,97)(H,98,99)/t84-,85+,86+/m0/s1. The van der Waals surface area contributed by atoms with E-state index in [0.29, 0.717) is 25.7 Å². The van der Waals surface area contributed by atoms with Crippen LogP contribution in [-0.2, 0) is 65.4 Å². The summed E-state index contributed by atoms with van der Waals surface area (Å²) < 4.78 is 69.1. The summed E-state index contributed by atoms with van der Waals surface area (Å²) in [4.78, 5) is 73.4. The van der Waals surface area contributed by atoms with Crippen LogP contribution in [0.25, 0.3) is 0 Å². The number of hydrogen-bond acceptors (Lipinski definition) is 15. The molecule has 0 radical (unpaired) electrons. The third-order valence-corrected chi connectivity index (χ3v) is 23.2. The molecule has 2 unspecified atom stereocenters. The third-order valence-electron chi connectivity index (χ3n) is 21.3. The van der Waals surface area contributed by atoms with E-state index in [-0.39, 0.29) is 25.7 Å². The molecule has 5 atom stereocenters. The second-order valence-corrected chi connectivity index (χ2v) is 35.7. The summed E-state index contributed by atoms with van der Waals surface area (Å²) >= 11 is 0. The minimum atomic E-state index is -4.97. The van der Waals surface area contributed by atoms with Crippen LogP contribution >= 0.6 is 15.6 Å². The number of aliphatic hydroxyl groups excluding tert-OH is 1. The van der Waals surface area contributed by atoms with Crippen molar-refractivity contribution >= 4 is 39.5 Å². The van der Waals surface area contributed by atoms with Gasteiger partial charge in [-0.15, -0.1) is 0 Å². The molecule has 0 amide bonds. The molecular weight excluding hydrogens is 1410 g/mol. The molecule has 3 N–H and O–H groups in total. The van der Waals surface area contributed by atoms with Crippen LogP contribution in [0.1, 0.15) is 490 Å². The zero-order valence-electron chi connectivity index (χ0n) is 71.7. The Labute approximate surface area is 670 Å². The lowest BCUT2D eigenvalue weighted by atomic mass is 10.0. The van der Waals surface area contributed by atoms with Gasteiger partial charge in [-0.3, -0.25) is 37.3 Å². The predicted molar refractivity (Wildman–Crippen MR) is 451 cm³/mol. The maximum Gasteiger partial charge on any atom is 0.472 e. The minimum absolute atomic E-state index is 0.110. The monoisotopic (exact) mass is 1590 g/mol. The van der Waals surface area contributed by atoms with Crippen molar-refractivity contribution in [1.29, 1.82) is 0 Å². The number of phosphoric acid groups is 2. The van der Waals surface area contributed by atoms with Crippen LogP contribution in [0.5, 0.6) is 0 Å². The van der Waals surface area contributed by atoms with Crippen molar-refractivity contribution in [2.24, 2.45) is 5.92 Å². The maximum absolute atomic E-state index is 13.2. The molecule has 0 aliphatic carbocycles. The number of rotatable bonds is 90.